The molecule has 1 amide bonds. The highest BCUT2D eigenvalue weighted by atomic mass is 19.4. The molecule has 48 heavy (non-hydrogen) atoms. The van der Waals surface area contributed by atoms with Crippen LogP contribution >= 0.6 is 0 Å². The minimum Gasteiger partial charge on any atom is -0.496 e. The van der Waals surface area contributed by atoms with Crippen molar-refractivity contribution in [1.82, 2.24) is 14.4 Å². The SMILES string of the molecule is COc1cccc2c1cc(C(=O)NCc1ccc([N+](C)(C)C)cc1)n2Cc1cccc(C(=N)N)c1.O=C(OC(=O)C(F)(F)F)C(F)(F)F. The number of nitrogen functional groups attached to an aromatic ring is 1. The summed E-state index contributed by atoms with van der Waals surface area (Å²) >= 11 is 0. The van der Waals surface area contributed by atoms with Gasteiger partial charge in [0.25, 0.3) is 5.91 Å². The summed E-state index contributed by atoms with van der Waals surface area (Å²) in [5.74, 6) is -5.84. The third-order valence-electron chi connectivity index (χ3n) is 6.75. The third kappa shape index (κ3) is 9.57. The van der Waals surface area contributed by atoms with Crippen molar-refractivity contribution in [3.8, 4) is 5.75 Å². The first kappa shape index (κ1) is 37.1. The highest BCUT2D eigenvalue weighted by Crippen LogP contribution is 2.30. The van der Waals surface area contributed by atoms with Crippen LogP contribution in [0.1, 0.15) is 27.2 Å². The van der Waals surface area contributed by atoms with Gasteiger partial charge in [-0.05, 0) is 47.5 Å². The quantitative estimate of drug-likeness (QED) is 0.0578. The Morgan fingerprint density at radius 1 is 0.854 bits per heavy atom. The number of benzene rings is 3. The monoisotopic (exact) mass is 680 g/mol. The maximum Gasteiger partial charge on any atom is 0.491 e. The first-order valence-corrected chi connectivity index (χ1v) is 13.9. The zero-order valence-electron chi connectivity index (χ0n) is 26.1. The Balaban J connectivity index is 0.000000408. The topological polar surface area (TPSA) is 136 Å². The average molecular weight is 681 g/mol. The number of fused-ring (bicyclic) bond motifs is 1. The third-order valence-corrected chi connectivity index (χ3v) is 6.75. The van der Waals surface area contributed by atoms with E-state index in [-0.39, 0.29) is 11.7 Å². The Bertz CT molecular complexity index is 1790. The van der Waals surface area contributed by atoms with Gasteiger partial charge in [-0.1, -0.05) is 36.4 Å². The van der Waals surface area contributed by atoms with Gasteiger partial charge in [0.15, 0.2) is 0 Å². The first-order valence-electron chi connectivity index (χ1n) is 13.9. The van der Waals surface area contributed by atoms with E-state index in [0.717, 1.165) is 26.5 Å². The van der Waals surface area contributed by atoms with Crippen LogP contribution in [0.15, 0.2) is 72.8 Å². The van der Waals surface area contributed by atoms with Gasteiger partial charge in [-0.15, -0.1) is 0 Å². The second kappa shape index (κ2) is 14.6. The Labute approximate surface area is 270 Å². The van der Waals surface area contributed by atoms with Crippen molar-refractivity contribution < 1.29 is 50.2 Å². The van der Waals surface area contributed by atoms with Crippen LogP contribution in [-0.4, -0.2) is 68.9 Å². The normalized spacial score (nSPS) is 11.7. The van der Waals surface area contributed by atoms with E-state index in [1.54, 1.807) is 13.2 Å². The van der Waals surface area contributed by atoms with Gasteiger partial charge in [0.1, 0.15) is 23.0 Å². The number of carbonyl (C=O) groups excluding carboxylic acids is 3. The van der Waals surface area contributed by atoms with E-state index in [9.17, 15) is 40.7 Å². The molecule has 3 aromatic carbocycles. The number of amidine groups is 1. The fraction of sp³-hybridized carbons (Fsp3) is 0.250. The number of nitrogens with two attached hydrogens (primary N) is 1. The number of nitrogens with zero attached hydrogens (tertiary/aromatic N) is 2. The van der Waals surface area contributed by atoms with Crippen molar-refractivity contribution in [2.75, 3.05) is 28.3 Å². The average Bonchev–Trinajstić information content (AvgIpc) is 3.37. The van der Waals surface area contributed by atoms with E-state index < -0.39 is 24.3 Å². The molecule has 0 radical (unpaired) electrons. The summed E-state index contributed by atoms with van der Waals surface area (Å²) in [4.78, 5) is 32.7. The molecule has 0 aliphatic rings. The predicted molar refractivity (Wildman–Crippen MR) is 165 cm³/mol. The lowest BCUT2D eigenvalue weighted by molar-refractivity contribution is -0.221. The fourth-order valence-electron chi connectivity index (χ4n) is 4.35. The molecule has 4 rings (SSSR count). The van der Waals surface area contributed by atoms with Crippen LogP contribution in [0.25, 0.3) is 10.9 Å². The number of quaternary nitrogens is 1. The number of alkyl halides is 6. The maximum atomic E-state index is 13.4. The van der Waals surface area contributed by atoms with Gasteiger partial charge in [-0.3, -0.25) is 14.7 Å². The molecule has 0 bridgehead atoms. The molecular weight excluding hydrogens is 648 g/mol. The van der Waals surface area contributed by atoms with E-state index >= 15 is 0 Å². The lowest BCUT2D eigenvalue weighted by atomic mass is 10.1. The van der Waals surface area contributed by atoms with Crippen molar-refractivity contribution in [3.05, 3.63) is 95.2 Å². The van der Waals surface area contributed by atoms with Gasteiger partial charge >= 0.3 is 24.3 Å². The molecule has 4 N–H and O–H groups in total. The van der Waals surface area contributed by atoms with E-state index in [2.05, 4.69) is 43.3 Å². The summed E-state index contributed by atoms with van der Waals surface area (Å²) in [6.07, 6.45) is -11.2. The van der Waals surface area contributed by atoms with Gasteiger partial charge in [0.05, 0.1) is 33.8 Å². The molecule has 0 atom stereocenters. The van der Waals surface area contributed by atoms with Crippen molar-refractivity contribution in [1.29, 1.82) is 5.41 Å². The summed E-state index contributed by atoms with van der Waals surface area (Å²) in [6.45, 7) is 0.882. The van der Waals surface area contributed by atoms with Gasteiger partial charge < -0.3 is 25.1 Å². The lowest BCUT2D eigenvalue weighted by Crippen LogP contribution is -2.34. The second-order valence-electron chi connectivity index (χ2n) is 11.2. The number of rotatable bonds is 8. The summed E-state index contributed by atoms with van der Waals surface area (Å²) in [5, 5.41) is 11.7. The van der Waals surface area contributed by atoms with E-state index in [0.29, 0.717) is 30.1 Å². The molecule has 0 unspecified atom stereocenters. The molecule has 1 heterocycles. The Morgan fingerprint density at radius 3 is 1.96 bits per heavy atom. The van der Waals surface area contributed by atoms with Crippen LogP contribution < -0.4 is 20.3 Å². The summed E-state index contributed by atoms with van der Waals surface area (Å²) < 4.78 is 77.9. The summed E-state index contributed by atoms with van der Waals surface area (Å²) in [6, 6.07) is 23.5. The van der Waals surface area contributed by atoms with Gasteiger partial charge in [-0.2, -0.15) is 26.3 Å². The maximum absolute atomic E-state index is 13.4. The number of nitrogens with one attached hydrogen (secondary N) is 2. The van der Waals surface area contributed by atoms with Crippen LogP contribution in [0.4, 0.5) is 32.0 Å². The molecule has 256 valence electrons. The van der Waals surface area contributed by atoms with Crippen molar-refractivity contribution in [2.24, 2.45) is 5.73 Å². The number of amides is 1. The zero-order valence-corrected chi connectivity index (χ0v) is 26.1. The van der Waals surface area contributed by atoms with Crippen molar-refractivity contribution >= 4 is 40.3 Å². The van der Waals surface area contributed by atoms with E-state index in [4.69, 9.17) is 15.9 Å². The minimum atomic E-state index is -5.62. The van der Waals surface area contributed by atoms with E-state index in [1.807, 2.05) is 59.2 Å². The van der Waals surface area contributed by atoms with Crippen LogP contribution in [0.2, 0.25) is 0 Å². The van der Waals surface area contributed by atoms with Crippen LogP contribution in [0.5, 0.6) is 5.75 Å². The predicted octanol–water partition coefficient (Wildman–Crippen LogP) is 5.29. The molecule has 16 heteroatoms. The number of aromatic nitrogens is 1. The number of halogens is 6. The molecule has 4 aromatic rings. The van der Waals surface area contributed by atoms with Gasteiger partial charge in [0, 0.05) is 24.0 Å². The minimum absolute atomic E-state index is 0.0140. The summed E-state index contributed by atoms with van der Waals surface area (Å²) in [7, 11) is 7.99. The molecule has 1 aromatic heterocycles. The summed E-state index contributed by atoms with van der Waals surface area (Å²) in [5.41, 5.74) is 11.0. The van der Waals surface area contributed by atoms with Gasteiger partial charge in [0.2, 0.25) is 0 Å². The van der Waals surface area contributed by atoms with Crippen LogP contribution in [0, 0.1) is 5.41 Å². The Kier molecular flexibility index (Phi) is 11.3. The number of carbonyl (C=O) groups is 3. The highest BCUT2D eigenvalue weighted by Gasteiger charge is 2.49. The molecule has 0 saturated heterocycles. The largest absolute Gasteiger partial charge is 0.496 e. The molecule has 0 aliphatic carbocycles. The standard InChI is InChI=1S/C28H31N5O2.C4F6O3/c1-33(2,3)22-13-11-19(12-14-22)17-31-28(34)25-16-23-24(9-6-10-26(23)35-4)32(25)18-20-7-5-8-21(15-20)27(29)30;5-3(6,7)1(11)13-2(12)4(8,9)10/h5-16H,17-18H2,1-4H3,(H3-,29,30,31,34);/p+1. The molecule has 0 saturated carbocycles. The molecule has 0 spiro atoms. The van der Waals surface area contributed by atoms with Crippen LogP contribution in [-0.2, 0) is 27.4 Å². The van der Waals surface area contributed by atoms with Crippen molar-refractivity contribution in [2.45, 2.75) is 25.4 Å². The lowest BCUT2D eigenvalue weighted by Gasteiger charge is -2.23. The second-order valence-corrected chi connectivity index (χ2v) is 11.2. The Morgan fingerprint density at radius 2 is 1.44 bits per heavy atom. The fourth-order valence-corrected chi connectivity index (χ4v) is 4.35. The molecular formula is C32H32F6N5O5+. The number of ether oxygens (including phenoxy) is 2. The number of hydrogen-bond acceptors (Lipinski definition) is 6. The Hall–Kier alpha value is -5.38. The van der Waals surface area contributed by atoms with Crippen molar-refractivity contribution in [3.63, 3.8) is 0 Å². The highest BCUT2D eigenvalue weighted by molar-refractivity contribution is 6.00. The van der Waals surface area contributed by atoms with Crippen LogP contribution in [0.3, 0.4) is 0 Å². The van der Waals surface area contributed by atoms with E-state index in [1.165, 1.54) is 5.69 Å². The number of esters is 2. The molecule has 0 aliphatic heterocycles. The zero-order chi connectivity index (χ0) is 36.0. The number of hydrogen-bond donors (Lipinski definition) is 3. The molecule has 10 nitrogen and oxygen atoms in total. The number of methoxy groups -OCH3 is 1. The van der Waals surface area contributed by atoms with Gasteiger partial charge in [-0.25, -0.2) is 9.59 Å². The first-order chi connectivity index (χ1) is 22.2. The molecule has 0 fully saturated rings. The smallest absolute Gasteiger partial charge is 0.491 e.